The molecule has 3 N–H and O–H groups in total. The average Bonchev–Trinajstić information content (AvgIpc) is 2.90. The van der Waals surface area contributed by atoms with Crippen molar-refractivity contribution in [1.82, 2.24) is 29.7 Å². The Morgan fingerprint density at radius 3 is 2.61 bits per heavy atom. The van der Waals surface area contributed by atoms with E-state index in [1.54, 1.807) is 0 Å². The summed E-state index contributed by atoms with van der Waals surface area (Å²) in [7, 11) is 0. The van der Waals surface area contributed by atoms with Crippen LogP contribution < -0.4 is 10.6 Å². The number of nitrogens with zero attached hydrogens (tertiary/aromatic N) is 6. The molecular formula is C9H14N8O. The first-order chi connectivity index (χ1) is 8.83. The third-order valence-corrected chi connectivity index (χ3v) is 1.98. The highest BCUT2D eigenvalue weighted by molar-refractivity contribution is 5.37. The third kappa shape index (κ3) is 2.88. The zero-order valence-electron chi connectivity index (χ0n) is 9.91. The number of hydrogen-bond acceptors (Lipinski definition) is 8. The molecule has 0 amide bonds. The van der Waals surface area contributed by atoms with Crippen molar-refractivity contribution in [2.24, 2.45) is 0 Å². The molecule has 0 aliphatic carbocycles. The fourth-order valence-electron chi connectivity index (χ4n) is 1.26. The molecule has 0 saturated heterocycles. The van der Waals surface area contributed by atoms with E-state index in [9.17, 15) is 0 Å². The van der Waals surface area contributed by atoms with Crippen LogP contribution in [0.2, 0.25) is 0 Å². The molecule has 2 aromatic heterocycles. The van der Waals surface area contributed by atoms with Gasteiger partial charge in [-0.25, -0.2) is 4.98 Å². The van der Waals surface area contributed by atoms with Gasteiger partial charge in [-0.15, -0.1) is 0 Å². The first-order valence-corrected chi connectivity index (χ1v) is 5.53. The molecule has 0 unspecified atom stereocenters. The number of hydrogen-bond donors (Lipinski definition) is 3. The standard InChI is InChI=1S/C9H14N8O/c1-2-11-7-14-8(12-3-4-18)16-9(15-7)17-6-10-5-13-17/h5-6,18H,2-4H2,1H3,(H2,11,12,14,15,16). The van der Waals surface area contributed by atoms with E-state index in [0.29, 0.717) is 30.9 Å². The lowest BCUT2D eigenvalue weighted by Gasteiger charge is -2.08. The van der Waals surface area contributed by atoms with Crippen molar-refractivity contribution < 1.29 is 5.11 Å². The first-order valence-electron chi connectivity index (χ1n) is 5.53. The van der Waals surface area contributed by atoms with Gasteiger partial charge in [0.15, 0.2) is 0 Å². The van der Waals surface area contributed by atoms with Crippen LogP contribution in [0.25, 0.3) is 5.95 Å². The third-order valence-electron chi connectivity index (χ3n) is 1.98. The Morgan fingerprint density at radius 1 is 1.22 bits per heavy atom. The van der Waals surface area contributed by atoms with Gasteiger partial charge in [-0.05, 0) is 6.92 Å². The predicted octanol–water partition coefficient (Wildman–Crippen LogP) is -0.712. The largest absolute Gasteiger partial charge is 0.395 e. The minimum Gasteiger partial charge on any atom is -0.395 e. The number of rotatable bonds is 6. The van der Waals surface area contributed by atoms with Gasteiger partial charge < -0.3 is 15.7 Å². The lowest BCUT2D eigenvalue weighted by Crippen LogP contribution is -2.14. The number of aromatic nitrogens is 6. The van der Waals surface area contributed by atoms with Crippen LogP contribution in [0.4, 0.5) is 11.9 Å². The van der Waals surface area contributed by atoms with Crippen LogP contribution in [0.3, 0.4) is 0 Å². The molecule has 0 radical (unpaired) electrons. The highest BCUT2D eigenvalue weighted by Crippen LogP contribution is 2.07. The zero-order chi connectivity index (χ0) is 12.8. The number of anilines is 2. The first kappa shape index (κ1) is 12.2. The molecule has 0 spiro atoms. The van der Waals surface area contributed by atoms with Gasteiger partial charge in [-0.3, -0.25) is 0 Å². The van der Waals surface area contributed by atoms with Crippen molar-refractivity contribution >= 4 is 11.9 Å². The Balaban J connectivity index is 2.30. The second-order valence-corrected chi connectivity index (χ2v) is 3.30. The molecule has 0 aliphatic rings. The van der Waals surface area contributed by atoms with E-state index in [1.165, 1.54) is 17.3 Å². The lowest BCUT2D eigenvalue weighted by molar-refractivity contribution is 0.310. The summed E-state index contributed by atoms with van der Waals surface area (Å²) in [6.07, 6.45) is 2.90. The average molecular weight is 250 g/mol. The molecule has 0 bridgehead atoms. The van der Waals surface area contributed by atoms with Crippen LogP contribution in [-0.4, -0.2) is 54.5 Å². The van der Waals surface area contributed by atoms with Gasteiger partial charge in [0.1, 0.15) is 12.7 Å². The topological polar surface area (TPSA) is 114 Å². The Bertz CT molecular complexity index is 485. The van der Waals surface area contributed by atoms with Crippen LogP contribution in [0.5, 0.6) is 0 Å². The molecule has 0 aliphatic heterocycles. The summed E-state index contributed by atoms with van der Waals surface area (Å²) in [5.74, 6) is 1.18. The normalized spacial score (nSPS) is 10.3. The van der Waals surface area contributed by atoms with E-state index in [2.05, 4.69) is 35.7 Å². The minimum absolute atomic E-state index is 0.000874. The molecule has 18 heavy (non-hydrogen) atoms. The molecule has 0 aromatic carbocycles. The lowest BCUT2D eigenvalue weighted by atomic mass is 10.6. The summed E-state index contributed by atoms with van der Waals surface area (Å²) in [4.78, 5) is 16.4. The molecule has 96 valence electrons. The van der Waals surface area contributed by atoms with E-state index < -0.39 is 0 Å². The van der Waals surface area contributed by atoms with Crippen LogP contribution in [0.1, 0.15) is 6.92 Å². The molecule has 2 rings (SSSR count). The van der Waals surface area contributed by atoms with E-state index in [0.717, 1.165) is 0 Å². The number of aliphatic hydroxyl groups excluding tert-OH is 1. The second kappa shape index (κ2) is 5.87. The SMILES string of the molecule is CCNc1nc(NCCO)nc(-n2cncn2)n1. The van der Waals surface area contributed by atoms with Crippen molar-refractivity contribution in [3.05, 3.63) is 12.7 Å². The highest BCUT2D eigenvalue weighted by Gasteiger charge is 2.07. The monoisotopic (exact) mass is 250 g/mol. The molecule has 0 saturated carbocycles. The van der Waals surface area contributed by atoms with Crippen molar-refractivity contribution in [3.8, 4) is 5.95 Å². The van der Waals surface area contributed by atoms with Crippen LogP contribution >= 0.6 is 0 Å². The Morgan fingerprint density at radius 2 is 2.00 bits per heavy atom. The Hall–Kier alpha value is -2.29. The van der Waals surface area contributed by atoms with E-state index in [1.807, 2.05) is 6.92 Å². The molecule has 9 nitrogen and oxygen atoms in total. The van der Waals surface area contributed by atoms with Gasteiger partial charge >= 0.3 is 0 Å². The van der Waals surface area contributed by atoms with E-state index in [-0.39, 0.29) is 6.61 Å². The van der Waals surface area contributed by atoms with Gasteiger partial charge in [-0.2, -0.15) is 24.7 Å². The minimum atomic E-state index is 0.000874. The summed E-state index contributed by atoms with van der Waals surface area (Å²) >= 11 is 0. The molecule has 2 aromatic rings. The summed E-state index contributed by atoms with van der Waals surface area (Å²) in [6, 6.07) is 0. The molecular weight excluding hydrogens is 236 g/mol. The summed E-state index contributed by atoms with van der Waals surface area (Å²) in [5, 5.41) is 18.6. The van der Waals surface area contributed by atoms with E-state index >= 15 is 0 Å². The summed E-state index contributed by atoms with van der Waals surface area (Å²) in [5.41, 5.74) is 0. The maximum atomic E-state index is 8.78. The maximum Gasteiger partial charge on any atom is 0.258 e. The molecule has 2 heterocycles. The van der Waals surface area contributed by atoms with Gasteiger partial charge in [0, 0.05) is 13.1 Å². The quantitative estimate of drug-likeness (QED) is 0.616. The zero-order valence-corrected chi connectivity index (χ0v) is 9.91. The van der Waals surface area contributed by atoms with E-state index in [4.69, 9.17) is 5.11 Å². The van der Waals surface area contributed by atoms with Gasteiger partial charge in [0.25, 0.3) is 5.95 Å². The van der Waals surface area contributed by atoms with Gasteiger partial charge in [-0.1, -0.05) is 0 Å². The molecule has 9 heteroatoms. The van der Waals surface area contributed by atoms with Gasteiger partial charge in [0.05, 0.1) is 6.61 Å². The van der Waals surface area contributed by atoms with Crippen molar-refractivity contribution in [3.63, 3.8) is 0 Å². The summed E-state index contributed by atoms with van der Waals surface area (Å²) in [6.45, 7) is 3.01. The summed E-state index contributed by atoms with van der Waals surface area (Å²) < 4.78 is 1.44. The molecule has 0 atom stereocenters. The number of nitrogens with one attached hydrogen (secondary N) is 2. The fraction of sp³-hybridized carbons (Fsp3) is 0.444. The number of aliphatic hydroxyl groups is 1. The van der Waals surface area contributed by atoms with Crippen LogP contribution in [-0.2, 0) is 0 Å². The molecule has 0 fully saturated rings. The maximum absolute atomic E-state index is 8.78. The highest BCUT2D eigenvalue weighted by atomic mass is 16.3. The van der Waals surface area contributed by atoms with Gasteiger partial charge in [0.2, 0.25) is 11.9 Å². The fourth-order valence-corrected chi connectivity index (χ4v) is 1.26. The van der Waals surface area contributed by atoms with Crippen LogP contribution in [0, 0.1) is 0 Å². The van der Waals surface area contributed by atoms with Crippen molar-refractivity contribution in [2.45, 2.75) is 6.92 Å². The van der Waals surface area contributed by atoms with Crippen molar-refractivity contribution in [2.75, 3.05) is 30.3 Å². The predicted molar refractivity (Wildman–Crippen MR) is 64.5 cm³/mol. The van der Waals surface area contributed by atoms with Crippen LogP contribution in [0.15, 0.2) is 12.7 Å². The second-order valence-electron chi connectivity index (χ2n) is 3.30. The smallest absolute Gasteiger partial charge is 0.258 e. The Labute approximate surface area is 103 Å². The Kier molecular flexibility index (Phi) is 3.97. The van der Waals surface area contributed by atoms with Crippen molar-refractivity contribution in [1.29, 1.82) is 0 Å².